The number of amides is 2. The number of carbonyl (C=O) groups is 2. The lowest BCUT2D eigenvalue weighted by molar-refractivity contribution is -0.114. The molecule has 0 saturated carbocycles. The molecule has 1 aromatic rings. The Kier molecular flexibility index (Phi) is 4.99. The van der Waals surface area contributed by atoms with Gasteiger partial charge in [0.2, 0.25) is 5.91 Å². The largest absolute Gasteiger partial charge is 0.496 e. The lowest BCUT2D eigenvalue weighted by atomic mass is 10.1. The molecule has 0 atom stereocenters. The average Bonchev–Trinajstić information content (AvgIpc) is 2.63. The van der Waals surface area contributed by atoms with Gasteiger partial charge in [0, 0.05) is 31.6 Å². The van der Waals surface area contributed by atoms with E-state index in [0.717, 1.165) is 5.70 Å². The van der Waals surface area contributed by atoms with Crippen molar-refractivity contribution in [2.24, 2.45) is 0 Å². The van der Waals surface area contributed by atoms with Gasteiger partial charge in [-0.3, -0.25) is 9.59 Å². The van der Waals surface area contributed by atoms with Gasteiger partial charge in [-0.05, 0) is 18.2 Å². The molecule has 8 heteroatoms. The smallest absolute Gasteiger partial charge is 0.260 e. The van der Waals surface area contributed by atoms with E-state index in [2.05, 4.69) is 16.0 Å². The van der Waals surface area contributed by atoms with Crippen LogP contribution in [-0.2, 0) is 4.79 Å². The van der Waals surface area contributed by atoms with Crippen molar-refractivity contribution in [2.75, 3.05) is 12.4 Å². The standard InChI is InChI=1S/C18H17ClN4O3/c1-11(24)21-14-10-16(26-2)12(9-13(14)19)18(25)22-17-15-5-3-4-7-23(15)8-6-20-17/h3-10,20H,1-2H3,(H,21,24)(H,22,25). The maximum absolute atomic E-state index is 12.8. The highest BCUT2D eigenvalue weighted by Gasteiger charge is 2.21. The van der Waals surface area contributed by atoms with Crippen molar-refractivity contribution in [2.45, 2.75) is 6.92 Å². The van der Waals surface area contributed by atoms with E-state index >= 15 is 0 Å². The van der Waals surface area contributed by atoms with E-state index in [-0.39, 0.29) is 16.5 Å². The van der Waals surface area contributed by atoms with Gasteiger partial charge in [-0.1, -0.05) is 17.7 Å². The summed E-state index contributed by atoms with van der Waals surface area (Å²) in [5, 5.41) is 8.67. The van der Waals surface area contributed by atoms with E-state index in [1.54, 1.807) is 6.20 Å². The number of anilines is 1. The molecule has 3 rings (SSSR count). The molecule has 0 fully saturated rings. The van der Waals surface area contributed by atoms with Gasteiger partial charge in [-0.25, -0.2) is 0 Å². The molecule has 2 amide bonds. The second kappa shape index (κ2) is 7.37. The second-order valence-corrected chi connectivity index (χ2v) is 5.90. The number of methoxy groups -OCH3 is 1. The number of fused-ring (bicyclic) bond motifs is 1. The van der Waals surface area contributed by atoms with Crippen LogP contribution in [0.5, 0.6) is 5.75 Å². The number of ether oxygens (including phenoxy) is 1. The van der Waals surface area contributed by atoms with E-state index in [1.165, 1.54) is 26.2 Å². The number of nitrogens with zero attached hydrogens (tertiary/aromatic N) is 1. The van der Waals surface area contributed by atoms with E-state index < -0.39 is 5.91 Å². The SMILES string of the molecule is COc1cc(NC(C)=O)c(Cl)cc1C(=O)NC1=C2C=CC=CN2C=CN1. The topological polar surface area (TPSA) is 82.7 Å². The quantitative estimate of drug-likeness (QED) is 0.757. The Labute approximate surface area is 155 Å². The first-order valence-corrected chi connectivity index (χ1v) is 8.14. The summed E-state index contributed by atoms with van der Waals surface area (Å²) in [7, 11) is 1.44. The fraction of sp³-hybridized carbons (Fsp3) is 0.111. The molecule has 0 aliphatic carbocycles. The lowest BCUT2D eigenvalue weighted by Gasteiger charge is -2.27. The van der Waals surface area contributed by atoms with Crippen LogP contribution in [0.3, 0.4) is 0 Å². The molecule has 0 radical (unpaired) electrons. The molecular formula is C18H17ClN4O3. The molecule has 0 spiro atoms. The van der Waals surface area contributed by atoms with Gasteiger partial charge in [0.15, 0.2) is 0 Å². The van der Waals surface area contributed by atoms with Crippen LogP contribution in [0.15, 0.2) is 60.5 Å². The minimum atomic E-state index is -0.397. The molecule has 2 aliphatic rings. The zero-order chi connectivity index (χ0) is 18.7. The molecule has 0 bridgehead atoms. The summed E-state index contributed by atoms with van der Waals surface area (Å²) in [6.07, 6.45) is 11.1. The van der Waals surface area contributed by atoms with Crippen LogP contribution in [0.25, 0.3) is 0 Å². The summed E-state index contributed by atoms with van der Waals surface area (Å²) >= 11 is 6.18. The predicted octanol–water partition coefficient (Wildman–Crippen LogP) is 2.67. The van der Waals surface area contributed by atoms with E-state index in [9.17, 15) is 9.59 Å². The molecule has 0 aromatic heterocycles. The Morgan fingerprint density at radius 3 is 2.73 bits per heavy atom. The van der Waals surface area contributed by atoms with Crippen LogP contribution in [-0.4, -0.2) is 23.8 Å². The number of carbonyl (C=O) groups excluding carboxylic acids is 2. The Morgan fingerprint density at radius 1 is 1.19 bits per heavy atom. The van der Waals surface area contributed by atoms with Crippen LogP contribution in [0, 0.1) is 0 Å². The monoisotopic (exact) mass is 372 g/mol. The van der Waals surface area contributed by atoms with Crippen LogP contribution in [0.1, 0.15) is 17.3 Å². The minimum Gasteiger partial charge on any atom is -0.496 e. The second-order valence-electron chi connectivity index (χ2n) is 5.50. The highest BCUT2D eigenvalue weighted by Crippen LogP contribution is 2.31. The zero-order valence-corrected chi connectivity index (χ0v) is 14.9. The summed E-state index contributed by atoms with van der Waals surface area (Å²) in [5.41, 5.74) is 1.42. The highest BCUT2D eigenvalue weighted by molar-refractivity contribution is 6.34. The first-order chi connectivity index (χ1) is 12.5. The number of allylic oxidation sites excluding steroid dienone is 3. The molecule has 3 N–H and O–H groups in total. The molecule has 134 valence electrons. The molecule has 2 heterocycles. The number of benzene rings is 1. The van der Waals surface area contributed by atoms with Crippen molar-refractivity contribution in [3.05, 3.63) is 71.1 Å². The van der Waals surface area contributed by atoms with Gasteiger partial charge in [-0.15, -0.1) is 0 Å². The van der Waals surface area contributed by atoms with Crippen LogP contribution in [0.2, 0.25) is 5.02 Å². The van der Waals surface area contributed by atoms with Crippen molar-refractivity contribution in [3.63, 3.8) is 0 Å². The fourth-order valence-electron chi connectivity index (χ4n) is 2.54. The predicted molar refractivity (Wildman–Crippen MR) is 99.2 cm³/mol. The molecule has 0 unspecified atom stereocenters. The highest BCUT2D eigenvalue weighted by atomic mass is 35.5. The number of halogens is 1. The van der Waals surface area contributed by atoms with Crippen molar-refractivity contribution < 1.29 is 14.3 Å². The first kappa shape index (κ1) is 17.6. The van der Waals surface area contributed by atoms with Crippen LogP contribution >= 0.6 is 11.6 Å². The summed E-state index contributed by atoms with van der Waals surface area (Å²) in [6.45, 7) is 1.37. The Morgan fingerprint density at radius 2 is 2.00 bits per heavy atom. The van der Waals surface area contributed by atoms with Gasteiger partial charge in [0.1, 0.15) is 11.6 Å². The van der Waals surface area contributed by atoms with Crippen LogP contribution < -0.4 is 20.7 Å². The number of nitrogens with one attached hydrogen (secondary N) is 3. The zero-order valence-electron chi connectivity index (χ0n) is 14.2. The number of hydrogen-bond acceptors (Lipinski definition) is 5. The van der Waals surface area contributed by atoms with E-state index in [0.29, 0.717) is 17.3 Å². The lowest BCUT2D eigenvalue weighted by Crippen LogP contribution is -2.35. The summed E-state index contributed by atoms with van der Waals surface area (Å²) in [6, 6.07) is 2.97. The van der Waals surface area contributed by atoms with Gasteiger partial charge in [-0.2, -0.15) is 0 Å². The molecule has 0 saturated heterocycles. The molecule has 2 aliphatic heterocycles. The third-order valence-corrected chi connectivity index (χ3v) is 4.00. The van der Waals surface area contributed by atoms with Crippen molar-refractivity contribution in [1.29, 1.82) is 0 Å². The van der Waals surface area contributed by atoms with Gasteiger partial charge < -0.3 is 25.6 Å². The fourth-order valence-corrected chi connectivity index (χ4v) is 2.75. The molecule has 1 aromatic carbocycles. The summed E-state index contributed by atoms with van der Waals surface area (Å²) in [5.74, 6) is 0.158. The Bertz CT molecular complexity index is 887. The van der Waals surface area contributed by atoms with E-state index in [1.807, 2.05) is 35.5 Å². The Balaban J connectivity index is 1.89. The molecule has 7 nitrogen and oxygen atoms in total. The van der Waals surface area contributed by atoms with E-state index in [4.69, 9.17) is 16.3 Å². The minimum absolute atomic E-state index is 0.238. The normalized spacial score (nSPS) is 14.7. The van der Waals surface area contributed by atoms with Crippen molar-refractivity contribution in [1.82, 2.24) is 15.5 Å². The number of rotatable bonds is 4. The molecular weight excluding hydrogens is 356 g/mol. The molecule has 26 heavy (non-hydrogen) atoms. The van der Waals surface area contributed by atoms with Crippen LogP contribution in [0.4, 0.5) is 5.69 Å². The van der Waals surface area contributed by atoms with Gasteiger partial charge in [0.05, 0.1) is 29.1 Å². The summed E-state index contributed by atoms with van der Waals surface area (Å²) in [4.78, 5) is 25.9. The number of hydrogen-bond donors (Lipinski definition) is 3. The van der Waals surface area contributed by atoms with Gasteiger partial charge >= 0.3 is 0 Å². The summed E-state index contributed by atoms with van der Waals surface area (Å²) < 4.78 is 5.28. The maximum atomic E-state index is 12.8. The maximum Gasteiger partial charge on any atom is 0.260 e. The van der Waals surface area contributed by atoms with Gasteiger partial charge in [0.25, 0.3) is 5.91 Å². The third-order valence-electron chi connectivity index (χ3n) is 3.69. The first-order valence-electron chi connectivity index (χ1n) is 7.76. The van der Waals surface area contributed by atoms with Crippen molar-refractivity contribution in [3.8, 4) is 5.75 Å². The Hall–Kier alpha value is -3.19. The van der Waals surface area contributed by atoms with Crippen molar-refractivity contribution >= 4 is 29.1 Å². The average molecular weight is 373 g/mol. The third kappa shape index (κ3) is 3.57.